The molecular weight excluding hydrogens is 277 g/mol. The summed E-state index contributed by atoms with van der Waals surface area (Å²) in [5.74, 6) is -0.498. The Balaban J connectivity index is 2.31. The predicted molar refractivity (Wildman–Crippen MR) is 79.1 cm³/mol. The molecule has 0 radical (unpaired) electrons. The van der Waals surface area contributed by atoms with E-state index in [4.69, 9.17) is 22.6 Å². The van der Waals surface area contributed by atoms with Crippen LogP contribution in [-0.2, 0) is 6.54 Å². The summed E-state index contributed by atoms with van der Waals surface area (Å²) in [6.07, 6.45) is 0. The number of nitrogen functional groups attached to an aromatic ring is 1. The van der Waals surface area contributed by atoms with Crippen LogP contribution >= 0.6 is 11.6 Å². The SMILES string of the molecule is CN(Cc1cccc(C#N)c1F)c1cc(Cl)ccc1N. The lowest BCUT2D eigenvalue weighted by molar-refractivity contribution is 0.604. The molecular formula is C15H13ClFN3. The Bertz CT molecular complexity index is 679. The second-order valence-corrected chi connectivity index (χ2v) is 4.89. The summed E-state index contributed by atoms with van der Waals surface area (Å²) in [6.45, 7) is 0.298. The molecule has 0 atom stereocenters. The lowest BCUT2D eigenvalue weighted by Crippen LogP contribution is -2.18. The summed E-state index contributed by atoms with van der Waals surface area (Å²) in [5.41, 5.74) is 7.65. The van der Waals surface area contributed by atoms with Gasteiger partial charge in [0, 0.05) is 24.2 Å². The van der Waals surface area contributed by atoms with E-state index in [0.29, 0.717) is 22.8 Å². The Labute approximate surface area is 122 Å². The molecule has 102 valence electrons. The van der Waals surface area contributed by atoms with Crippen LogP contribution in [0.3, 0.4) is 0 Å². The number of nitriles is 1. The van der Waals surface area contributed by atoms with Gasteiger partial charge in [-0.05, 0) is 24.3 Å². The number of hydrogen-bond donors (Lipinski definition) is 1. The van der Waals surface area contributed by atoms with E-state index in [2.05, 4.69) is 0 Å². The monoisotopic (exact) mass is 289 g/mol. The van der Waals surface area contributed by atoms with Crippen molar-refractivity contribution in [3.8, 4) is 6.07 Å². The molecule has 0 unspecified atom stereocenters. The molecule has 0 aromatic heterocycles. The number of halogens is 2. The summed E-state index contributed by atoms with van der Waals surface area (Å²) < 4.78 is 14.0. The summed E-state index contributed by atoms with van der Waals surface area (Å²) >= 11 is 5.94. The van der Waals surface area contributed by atoms with Crippen LogP contribution in [0, 0.1) is 17.1 Å². The average molecular weight is 290 g/mol. The lowest BCUT2D eigenvalue weighted by Gasteiger charge is -2.21. The predicted octanol–water partition coefficient (Wildman–Crippen LogP) is 3.57. The van der Waals surface area contributed by atoms with E-state index in [1.165, 1.54) is 6.07 Å². The third kappa shape index (κ3) is 2.84. The zero-order valence-corrected chi connectivity index (χ0v) is 11.7. The number of hydrogen-bond acceptors (Lipinski definition) is 3. The maximum absolute atomic E-state index is 14.0. The van der Waals surface area contributed by atoms with Gasteiger partial charge in [0.1, 0.15) is 11.9 Å². The van der Waals surface area contributed by atoms with E-state index >= 15 is 0 Å². The highest BCUT2D eigenvalue weighted by Gasteiger charge is 2.12. The number of nitrogens with zero attached hydrogens (tertiary/aromatic N) is 2. The van der Waals surface area contributed by atoms with E-state index in [1.54, 1.807) is 42.3 Å². The maximum atomic E-state index is 14.0. The van der Waals surface area contributed by atoms with Gasteiger partial charge in [-0.25, -0.2) is 4.39 Å². The largest absolute Gasteiger partial charge is 0.397 e. The van der Waals surface area contributed by atoms with Gasteiger partial charge in [-0.15, -0.1) is 0 Å². The van der Waals surface area contributed by atoms with Gasteiger partial charge in [0.25, 0.3) is 0 Å². The standard InChI is InChI=1S/C15H13ClFN3/c1-20(14-7-12(16)5-6-13(14)19)9-11-4-2-3-10(8-18)15(11)17/h2-7H,9,19H2,1H3. The minimum atomic E-state index is -0.498. The first kappa shape index (κ1) is 14.2. The summed E-state index contributed by atoms with van der Waals surface area (Å²) in [7, 11) is 1.79. The van der Waals surface area contributed by atoms with Crippen molar-refractivity contribution in [2.75, 3.05) is 17.7 Å². The molecule has 2 rings (SSSR count). The molecule has 0 amide bonds. The Morgan fingerprint density at radius 2 is 2.10 bits per heavy atom. The highest BCUT2D eigenvalue weighted by molar-refractivity contribution is 6.31. The molecule has 0 aliphatic heterocycles. The van der Waals surface area contributed by atoms with Crippen LogP contribution in [0.25, 0.3) is 0 Å². The molecule has 0 aliphatic carbocycles. The first-order valence-electron chi connectivity index (χ1n) is 5.96. The summed E-state index contributed by atoms with van der Waals surface area (Å²) in [5, 5.41) is 9.40. The van der Waals surface area contributed by atoms with Crippen molar-refractivity contribution in [3.63, 3.8) is 0 Å². The maximum Gasteiger partial charge on any atom is 0.145 e. The zero-order valence-electron chi connectivity index (χ0n) is 10.9. The summed E-state index contributed by atoms with van der Waals surface area (Å²) in [6, 6.07) is 11.7. The fourth-order valence-electron chi connectivity index (χ4n) is 1.98. The molecule has 0 spiro atoms. The van der Waals surface area contributed by atoms with Crippen LogP contribution in [-0.4, -0.2) is 7.05 Å². The van der Waals surface area contributed by atoms with Crippen molar-refractivity contribution in [1.29, 1.82) is 5.26 Å². The highest BCUT2D eigenvalue weighted by atomic mass is 35.5. The van der Waals surface area contributed by atoms with Gasteiger partial charge in [0.15, 0.2) is 0 Å². The van der Waals surface area contributed by atoms with Gasteiger partial charge in [-0.3, -0.25) is 0 Å². The molecule has 20 heavy (non-hydrogen) atoms. The highest BCUT2D eigenvalue weighted by Crippen LogP contribution is 2.27. The number of benzene rings is 2. The number of anilines is 2. The van der Waals surface area contributed by atoms with E-state index in [1.807, 2.05) is 6.07 Å². The van der Waals surface area contributed by atoms with Crippen LogP contribution in [0.15, 0.2) is 36.4 Å². The Morgan fingerprint density at radius 1 is 1.35 bits per heavy atom. The molecule has 0 bridgehead atoms. The van der Waals surface area contributed by atoms with Crippen molar-refractivity contribution in [1.82, 2.24) is 0 Å². The quantitative estimate of drug-likeness (QED) is 0.879. The van der Waals surface area contributed by atoms with Crippen molar-refractivity contribution >= 4 is 23.0 Å². The van der Waals surface area contributed by atoms with Crippen LogP contribution < -0.4 is 10.6 Å². The molecule has 2 aromatic rings. The smallest absolute Gasteiger partial charge is 0.145 e. The van der Waals surface area contributed by atoms with Gasteiger partial charge in [-0.1, -0.05) is 23.7 Å². The second kappa shape index (κ2) is 5.81. The van der Waals surface area contributed by atoms with Crippen molar-refractivity contribution in [2.45, 2.75) is 6.54 Å². The second-order valence-electron chi connectivity index (χ2n) is 4.45. The molecule has 3 nitrogen and oxygen atoms in total. The van der Waals surface area contributed by atoms with Crippen LogP contribution in [0.4, 0.5) is 15.8 Å². The van der Waals surface area contributed by atoms with E-state index in [9.17, 15) is 4.39 Å². The third-order valence-electron chi connectivity index (χ3n) is 3.01. The minimum Gasteiger partial charge on any atom is -0.397 e. The Kier molecular flexibility index (Phi) is 4.11. The van der Waals surface area contributed by atoms with Crippen molar-refractivity contribution in [2.24, 2.45) is 0 Å². The lowest BCUT2D eigenvalue weighted by atomic mass is 10.1. The molecule has 2 aromatic carbocycles. The van der Waals surface area contributed by atoms with Crippen molar-refractivity contribution in [3.05, 3.63) is 58.4 Å². The zero-order chi connectivity index (χ0) is 14.7. The number of rotatable bonds is 3. The Morgan fingerprint density at radius 3 is 2.80 bits per heavy atom. The Hall–Kier alpha value is -2.25. The molecule has 2 N–H and O–H groups in total. The van der Waals surface area contributed by atoms with E-state index in [0.717, 1.165) is 5.69 Å². The fraction of sp³-hybridized carbons (Fsp3) is 0.133. The third-order valence-corrected chi connectivity index (χ3v) is 3.25. The first-order valence-corrected chi connectivity index (χ1v) is 6.34. The van der Waals surface area contributed by atoms with Gasteiger partial charge in [0.05, 0.1) is 16.9 Å². The molecule has 0 saturated heterocycles. The molecule has 0 aliphatic rings. The fourth-order valence-corrected chi connectivity index (χ4v) is 2.14. The topological polar surface area (TPSA) is 53.0 Å². The minimum absolute atomic E-state index is 0.0370. The van der Waals surface area contributed by atoms with Crippen LogP contribution in [0.2, 0.25) is 5.02 Å². The summed E-state index contributed by atoms with van der Waals surface area (Å²) in [4.78, 5) is 1.79. The molecule has 0 fully saturated rings. The van der Waals surface area contributed by atoms with Gasteiger partial charge < -0.3 is 10.6 Å². The van der Waals surface area contributed by atoms with E-state index in [-0.39, 0.29) is 5.56 Å². The van der Waals surface area contributed by atoms with Crippen LogP contribution in [0.1, 0.15) is 11.1 Å². The van der Waals surface area contributed by atoms with Gasteiger partial charge >= 0.3 is 0 Å². The van der Waals surface area contributed by atoms with E-state index < -0.39 is 5.82 Å². The van der Waals surface area contributed by atoms with Crippen LogP contribution in [0.5, 0.6) is 0 Å². The normalized spacial score (nSPS) is 10.1. The van der Waals surface area contributed by atoms with Gasteiger partial charge in [0.2, 0.25) is 0 Å². The average Bonchev–Trinajstić information content (AvgIpc) is 2.43. The van der Waals surface area contributed by atoms with Gasteiger partial charge in [-0.2, -0.15) is 5.26 Å². The number of nitrogens with two attached hydrogens (primary N) is 1. The first-order chi connectivity index (χ1) is 9.52. The molecule has 5 heteroatoms. The molecule has 0 saturated carbocycles. The van der Waals surface area contributed by atoms with Crippen molar-refractivity contribution < 1.29 is 4.39 Å². The molecule has 0 heterocycles.